The molecular formula is C19H20N2OS. The lowest BCUT2D eigenvalue weighted by Crippen LogP contribution is -2.34. The first-order valence-corrected chi connectivity index (χ1v) is 9.21. The maximum atomic E-state index is 12.6. The Morgan fingerprint density at radius 3 is 2.43 bits per heavy atom. The Kier molecular flexibility index (Phi) is 4.02. The zero-order valence-electron chi connectivity index (χ0n) is 12.9. The summed E-state index contributed by atoms with van der Waals surface area (Å²) in [5, 5.41) is 1.33. The van der Waals surface area contributed by atoms with Gasteiger partial charge in [0.15, 0.2) is 0 Å². The summed E-state index contributed by atoms with van der Waals surface area (Å²) in [6, 6.07) is 18.2. The van der Waals surface area contributed by atoms with Crippen LogP contribution in [0.25, 0.3) is 10.9 Å². The third-order valence-electron chi connectivity index (χ3n) is 4.69. The number of benzene rings is 2. The molecule has 0 radical (unpaired) electrons. The molecule has 1 aromatic heterocycles. The molecule has 1 atom stereocenters. The molecule has 2 aromatic carbocycles. The molecular weight excluding hydrogens is 304 g/mol. The van der Waals surface area contributed by atoms with Crippen molar-refractivity contribution in [1.82, 2.24) is 9.29 Å². The smallest absolute Gasteiger partial charge is 0.127 e. The molecule has 0 saturated carbocycles. The van der Waals surface area contributed by atoms with Crippen molar-refractivity contribution < 1.29 is 4.21 Å². The number of aromatic nitrogens is 1. The van der Waals surface area contributed by atoms with Gasteiger partial charge in [0.2, 0.25) is 0 Å². The lowest BCUT2D eigenvalue weighted by molar-refractivity contribution is 0.335. The SMILES string of the molecule is O=S(c1ccccc1)N1CCC(c2c[nH]c3ccccc23)CC1. The molecule has 4 heteroatoms. The van der Waals surface area contributed by atoms with Crippen molar-refractivity contribution in [2.24, 2.45) is 0 Å². The Hall–Kier alpha value is -1.91. The van der Waals surface area contributed by atoms with Gasteiger partial charge in [-0.15, -0.1) is 0 Å². The van der Waals surface area contributed by atoms with Crippen molar-refractivity contribution >= 4 is 21.9 Å². The number of rotatable bonds is 3. The average molecular weight is 324 g/mol. The summed E-state index contributed by atoms with van der Waals surface area (Å²) < 4.78 is 14.7. The van der Waals surface area contributed by atoms with Gasteiger partial charge in [0.05, 0.1) is 4.90 Å². The number of fused-ring (bicyclic) bond motifs is 1. The lowest BCUT2D eigenvalue weighted by atomic mass is 9.90. The topological polar surface area (TPSA) is 36.1 Å². The molecule has 1 aliphatic rings. The standard InChI is InChI=1S/C19H20N2OS/c22-23(16-6-2-1-3-7-16)21-12-10-15(11-13-21)18-14-20-19-9-5-4-8-17(18)19/h1-9,14-15,20H,10-13H2. The predicted octanol–water partition coefficient (Wildman–Crippen LogP) is 4.07. The van der Waals surface area contributed by atoms with Crippen LogP contribution in [0.2, 0.25) is 0 Å². The highest BCUT2D eigenvalue weighted by Gasteiger charge is 2.26. The Morgan fingerprint density at radius 1 is 0.957 bits per heavy atom. The van der Waals surface area contributed by atoms with E-state index in [1.165, 1.54) is 16.5 Å². The molecule has 0 spiro atoms. The number of hydrogen-bond donors (Lipinski definition) is 1. The Morgan fingerprint density at radius 2 is 1.65 bits per heavy atom. The van der Waals surface area contributed by atoms with Crippen LogP contribution in [0.5, 0.6) is 0 Å². The van der Waals surface area contributed by atoms with Crippen molar-refractivity contribution in [1.29, 1.82) is 0 Å². The second-order valence-electron chi connectivity index (χ2n) is 6.06. The minimum absolute atomic E-state index is 0.551. The third kappa shape index (κ3) is 2.84. The molecule has 0 aliphatic carbocycles. The van der Waals surface area contributed by atoms with Gasteiger partial charge in [0.1, 0.15) is 11.0 Å². The van der Waals surface area contributed by atoms with Crippen LogP contribution in [0.4, 0.5) is 0 Å². The van der Waals surface area contributed by atoms with Crippen LogP contribution in [-0.2, 0) is 11.0 Å². The number of para-hydroxylation sites is 1. The van der Waals surface area contributed by atoms with Crippen LogP contribution in [0.15, 0.2) is 65.7 Å². The molecule has 4 rings (SSSR count). The second-order valence-corrected chi connectivity index (χ2v) is 7.54. The summed E-state index contributed by atoms with van der Waals surface area (Å²) in [5.41, 5.74) is 2.61. The fourth-order valence-corrected chi connectivity index (χ4v) is 4.68. The molecule has 0 bridgehead atoms. The number of hydrogen-bond acceptors (Lipinski definition) is 1. The van der Waals surface area contributed by atoms with E-state index in [0.717, 1.165) is 30.8 Å². The molecule has 2 heterocycles. The number of piperidine rings is 1. The Bertz CT molecular complexity index is 820. The maximum Gasteiger partial charge on any atom is 0.127 e. The van der Waals surface area contributed by atoms with Gasteiger partial charge in [-0.05, 0) is 42.5 Å². The normalized spacial score (nSPS) is 18.3. The van der Waals surface area contributed by atoms with Gasteiger partial charge in [-0.1, -0.05) is 36.4 Å². The van der Waals surface area contributed by atoms with Gasteiger partial charge in [-0.2, -0.15) is 0 Å². The zero-order chi connectivity index (χ0) is 15.6. The van der Waals surface area contributed by atoms with Crippen LogP contribution in [-0.4, -0.2) is 26.6 Å². The van der Waals surface area contributed by atoms with E-state index in [9.17, 15) is 4.21 Å². The first kappa shape index (κ1) is 14.7. The Balaban J connectivity index is 1.48. The first-order valence-electron chi connectivity index (χ1n) is 8.11. The first-order chi connectivity index (χ1) is 11.3. The van der Waals surface area contributed by atoms with Crippen LogP contribution >= 0.6 is 0 Å². The third-order valence-corrected chi connectivity index (χ3v) is 6.20. The quantitative estimate of drug-likeness (QED) is 0.774. The second kappa shape index (κ2) is 6.30. The maximum absolute atomic E-state index is 12.6. The molecule has 3 nitrogen and oxygen atoms in total. The molecule has 3 aromatic rings. The van der Waals surface area contributed by atoms with Crippen LogP contribution < -0.4 is 0 Å². The highest BCUT2D eigenvalue weighted by molar-refractivity contribution is 7.82. The summed E-state index contributed by atoms with van der Waals surface area (Å²) in [4.78, 5) is 4.27. The van der Waals surface area contributed by atoms with E-state index in [4.69, 9.17) is 0 Å². The zero-order valence-corrected chi connectivity index (χ0v) is 13.8. The number of nitrogens with one attached hydrogen (secondary N) is 1. The average Bonchev–Trinajstić information content (AvgIpc) is 3.06. The molecule has 1 aliphatic heterocycles. The minimum atomic E-state index is -1.03. The largest absolute Gasteiger partial charge is 0.361 e. The predicted molar refractivity (Wildman–Crippen MR) is 94.7 cm³/mol. The highest BCUT2D eigenvalue weighted by atomic mass is 32.2. The van der Waals surface area contributed by atoms with E-state index in [2.05, 4.69) is 39.8 Å². The van der Waals surface area contributed by atoms with Gasteiger partial charge >= 0.3 is 0 Å². The van der Waals surface area contributed by atoms with Gasteiger partial charge in [0.25, 0.3) is 0 Å². The minimum Gasteiger partial charge on any atom is -0.361 e. The molecule has 1 N–H and O–H groups in total. The molecule has 118 valence electrons. The van der Waals surface area contributed by atoms with Crippen LogP contribution in [0.3, 0.4) is 0 Å². The number of nitrogens with zero attached hydrogens (tertiary/aromatic N) is 1. The van der Waals surface area contributed by atoms with Gasteiger partial charge in [-0.25, -0.2) is 8.51 Å². The van der Waals surface area contributed by atoms with E-state index < -0.39 is 11.0 Å². The van der Waals surface area contributed by atoms with Gasteiger partial charge < -0.3 is 4.98 Å². The number of H-pyrrole nitrogens is 1. The summed E-state index contributed by atoms with van der Waals surface area (Å²) in [6.07, 6.45) is 4.26. The van der Waals surface area contributed by atoms with E-state index in [1.807, 2.05) is 30.3 Å². The van der Waals surface area contributed by atoms with Crippen LogP contribution in [0.1, 0.15) is 24.3 Å². The summed E-state index contributed by atoms with van der Waals surface area (Å²) in [6.45, 7) is 1.76. The van der Waals surface area contributed by atoms with Crippen molar-refractivity contribution in [3.8, 4) is 0 Å². The summed E-state index contributed by atoms with van der Waals surface area (Å²) in [7, 11) is -1.03. The van der Waals surface area contributed by atoms with E-state index in [1.54, 1.807) is 0 Å². The molecule has 0 amide bonds. The van der Waals surface area contributed by atoms with E-state index >= 15 is 0 Å². The molecule has 1 unspecified atom stereocenters. The van der Waals surface area contributed by atoms with E-state index in [0.29, 0.717) is 5.92 Å². The summed E-state index contributed by atoms with van der Waals surface area (Å²) >= 11 is 0. The fraction of sp³-hybridized carbons (Fsp3) is 0.263. The highest BCUT2D eigenvalue weighted by Crippen LogP contribution is 2.33. The summed E-state index contributed by atoms with van der Waals surface area (Å²) in [5.74, 6) is 0.551. The van der Waals surface area contributed by atoms with Crippen LogP contribution in [0, 0.1) is 0 Å². The molecule has 1 fully saturated rings. The van der Waals surface area contributed by atoms with Crippen molar-refractivity contribution in [2.75, 3.05) is 13.1 Å². The van der Waals surface area contributed by atoms with Gasteiger partial charge in [0, 0.05) is 30.2 Å². The number of aromatic amines is 1. The van der Waals surface area contributed by atoms with Crippen molar-refractivity contribution in [3.05, 3.63) is 66.4 Å². The Labute approximate surface area is 138 Å². The lowest BCUT2D eigenvalue weighted by Gasteiger charge is -2.30. The van der Waals surface area contributed by atoms with E-state index in [-0.39, 0.29) is 0 Å². The molecule has 23 heavy (non-hydrogen) atoms. The van der Waals surface area contributed by atoms with Gasteiger partial charge in [-0.3, -0.25) is 0 Å². The monoisotopic (exact) mass is 324 g/mol. The van der Waals surface area contributed by atoms with Crippen molar-refractivity contribution in [3.63, 3.8) is 0 Å². The molecule has 1 saturated heterocycles. The fourth-order valence-electron chi connectivity index (χ4n) is 3.45. The van der Waals surface area contributed by atoms with Crippen molar-refractivity contribution in [2.45, 2.75) is 23.7 Å².